The minimum absolute atomic E-state index is 0.262. The highest BCUT2D eigenvalue weighted by Crippen LogP contribution is 2.43. The molecular formula is C12H18N2O2S. The Morgan fingerprint density at radius 1 is 1.65 bits per heavy atom. The number of aldehydes is 1. The minimum atomic E-state index is 0.262. The predicted octanol–water partition coefficient (Wildman–Crippen LogP) is 2.30. The normalized spacial score (nSPS) is 16.9. The summed E-state index contributed by atoms with van der Waals surface area (Å²) < 4.78 is 5.14. The van der Waals surface area contributed by atoms with Gasteiger partial charge in [-0.15, -0.1) is 0 Å². The number of rotatable bonds is 6. The first-order chi connectivity index (χ1) is 8.17. The van der Waals surface area contributed by atoms with Gasteiger partial charge in [0, 0.05) is 20.1 Å². The van der Waals surface area contributed by atoms with Gasteiger partial charge in [0.15, 0.2) is 11.4 Å². The zero-order valence-electron chi connectivity index (χ0n) is 10.5. The summed E-state index contributed by atoms with van der Waals surface area (Å²) in [7, 11) is 3.69. The van der Waals surface area contributed by atoms with Crippen LogP contribution in [0.4, 0.5) is 5.13 Å². The van der Waals surface area contributed by atoms with Crippen molar-refractivity contribution in [2.75, 3.05) is 25.7 Å². The maximum absolute atomic E-state index is 11.0. The van der Waals surface area contributed by atoms with E-state index >= 15 is 0 Å². The van der Waals surface area contributed by atoms with Crippen molar-refractivity contribution in [3.05, 3.63) is 10.6 Å². The molecule has 2 rings (SSSR count). The zero-order valence-corrected chi connectivity index (χ0v) is 11.3. The zero-order chi connectivity index (χ0) is 12.4. The molecule has 0 radical (unpaired) electrons. The van der Waals surface area contributed by atoms with Crippen molar-refractivity contribution in [2.24, 2.45) is 0 Å². The monoisotopic (exact) mass is 254 g/mol. The Bertz CT molecular complexity index is 401. The Kier molecular flexibility index (Phi) is 3.79. The standard InChI is InChI=1S/C12H18N2O2S/c1-8(7-16-3)14(2)12-13-11(9-4-5-9)10(6-15)17-12/h6,8-9H,4-5,7H2,1-3H3. The first kappa shape index (κ1) is 12.5. The van der Waals surface area contributed by atoms with Gasteiger partial charge in [0.05, 0.1) is 23.2 Å². The van der Waals surface area contributed by atoms with Crippen molar-refractivity contribution >= 4 is 22.8 Å². The molecule has 17 heavy (non-hydrogen) atoms. The maximum atomic E-state index is 11.0. The van der Waals surface area contributed by atoms with Gasteiger partial charge in [-0.1, -0.05) is 11.3 Å². The van der Waals surface area contributed by atoms with Gasteiger partial charge in [-0.2, -0.15) is 0 Å². The summed E-state index contributed by atoms with van der Waals surface area (Å²) in [6.07, 6.45) is 3.27. The van der Waals surface area contributed by atoms with Crippen LogP contribution in [-0.4, -0.2) is 38.1 Å². The van der Waals surface area contributed by atoms with E-state index in [1.165, 1.54) is 24.2 Å². The van der Waals surface area contributed by atoms with Gasteiger partial charge in [-0.05, 0) is 19.8 Å². The second-order valence-corrected chi connectivity index (χ2v) is 5.56. The van der Waals surface area contributed by atoms with Crippen LogP contribution in [0, 0.1) is 0 Å². The summed E-state index contributed by atoms with van der Waals surface area (Å²) in [5.74, 6) is 0.520. The number of likely N-dealkylation sites (N-methyl/N-ethyl adjacent to an activating group) is 1. The third-order valence-electron chi connectivity index (χ3n) is 3.11. The highest BCUT2D eigenvalue weighted by molar-refractivity contribution is 7.17. The van der Waals surface area contributed by atoms with E-state index < -0.39 is 0 Å². The van der Waals surface area contributed by atoms with E-state index in [9.17, 15) is 4.79 Å². The van der Waals surface area contributed by atoms with Crippen molar-refractivity contribution in [3.8, 4) is 0 Å². The van der Waals surface area contributed by atoms with Crippen LogP contribution in [0.1, 0.15) is 41.0 Å². The molecule has 1 aromatic heterocycles. The summed E-state index contributed by atoms with van der Waals surface area (Å²) in [4.78, 5) is 18.5. The van der Waals surface area contributed by atoms with E-state index in [0.29, 0.717) is 12.5 Å². The van der Waals surface area contributed by atoms with Crippen molar-refractivity contribution in [1.82, 2.24) is 4.98 Å². The van der Waals surface area contributed by atoms with E-state index in [1.807, 2.05) is 7.05 Å². The van der Waals surface area contributed by atoms with Gasteiger partial charge in [0.2, 0.25) is 0 Å². The molecule has 0 bridgehead atoms. The van der Waals surface area contributed by atoms with Crippen LogP contribution in [0.3, 0.4) is 0 Å². The number of aromatic nitrogens is 1. The van der Waals surface area contributed by atoms with Crippen LogP contribution in [0.15, 0.2) is 0 Å². The second-order valence-electron chi connectivity index (χ2n) is 4.55. The maximum Gasteiger partial charge on any atom is 0.186 e. The molecule has 0 spiro atoms. The summed E-state index contributed by atoms with van der Waals surface area (Å²) in [6, 6.07) is 0.262. The van der Waals surface area contributed by atoms with Crippen molar-refractivity contribution < 1.29 is 9.53 Å². The molecule has 94 valence electrons. The van der Waals surface area contributed by atoms with Gasteiger partial charge in [-0.3, -0.25) is 4.79 Å². The number of ether oxygens (including phenoxy) is 1. The lowest BCUT2D eigenvalue weighted by molar-refractivity contribution is 0.112. The number of hydrogen-bond acceptors (Lipinski definition) is 5. The Balaban J connectivity index is 2.17. The Hall–Kier alpha value is -0.940. The highest BCUT2D eigenvalue weighted by atomic mass is 32.1. The van der Waals surface area contributed by atoms with Crippen LogP contribution in [-0.2, 0) is 4.74 Å². The van der Waals surface area contributed by atoms with E-state index in [1.54, 1.807) is 7.11 Å². The summed E-state index contributed by atoms with van der Waals surface area (Å²) in [5.41, 5.74) is 0.997. The highest BCUT2D eigenvalue weighted by Gasteiger charge is 2.30. The van der Waals surface area contributed by atoms with E-state index in [4.69, 9.17) is 4.74 Å². The van der Waals surface area contributed by atoms with Gasteiger partial charge >= 0.3 is 0 Å². The number of methoxy groups -OCH3 is 1. The lowest BCUT2D eigenvalue weighted by atomic mass is 10.3. The van der Waals surface area contributed by atoms with Crippen molar-refractivity contribution in [3.63, 3.8) is 0 Å². The molecule has 1 saturated carbocycles. The summed E-state index contributed by atoms with van der Waals surface area (Å²) in [6.45, 7) is 2.74. The Labute approximate surface area is 106 Å². The van der Waals surface area contributed by atoms with Crippen LogP contribution < -0.4 is 4.90 Å². The molecule has 1 aliphatic rings. The molecule has 1 aromatic rings. The number of carbonyl (C=O) groups excluding carboxylic acids is 1. The topological polar surface area (TPSA) is 42.4 Å². The SMILES string of the molecule is COCC(C)N(C)c1nc(C2CC2)c(C=O)s1. The fourth-order valence-corrected chi connectivity index (χ4v) is 2.79. The molecule has 1 heterocycles. The van der Waals surface area contributed by atoms with Gasteiger partial charge in [0.1, 0.15) is 0 Å². The largest absolute Gasteiger partial charge is 0.383 e. The third-order valence-corrected chi connectivity index (χ3v) is 4.20. The molecule has 0 amide bonds. The molecule has 1 aliphatic carbocycles. The number of anilines is 1. The number of carbonyl (C=O) groups is 1. The first-order valence-corrected chi connectivity index (χ1v) is 6.66. The lowest BCUT2D eigenvalue weighted by Gasteiger charge is -2.23. The quantitative estimate of drug-likeness (QED) is 0.731. The molecule has 4 nitrogen and oxygen atoms in total. The number of hydrogen-bond donors (Lipinski definition) is 0. The van der Waals surface area contributed by atoms with Crippen LogP contribution in [0.5, 0.6) is 0 Å². The van der Waals surface area contributed by atoms with Crippen LogP contribution in [0.25, 0.3) is 0 Å². The van der Waals surface area contributed by atoms with Gasteiger partial charge < -0.3 is 9.64 Å². The third kappa shape index (κ3) is 2.66. The smallest absolute Gasteiger partial charge is 0.186 e. The van der Waals surface area contributed by atoms with E-state index in [2.05, 4.69) is 16.8 Å². The summed E-state index contributed by atoms with van der Waals surface area (Å²) >= 11 is 1.48. The molecular weight excluding hydrogens is 236 g/mol. The molecule has 1 fully saturated rings. The molecule has 0 saturated heterocycles. The van der Waals surface area contributed by atoms with Gasteiger partial charge in [0.25, 0.3) is 0 Å². The van der Waals surface area contributed by atoms with Gasteiger partial charge in [-0.25, -0.2) is 4.98 Å². The fraction of sp³-hybridized carbons (Fsp3) is 0.667. The molecule has 5 heteroatoms. The van der Waals surface area contributed by atoms with Crippen molar-refractivity contribution in [1.29, 1.82) is 0 Å². The second kappa shape index (κ2) is 5.14. The fourth-order valence-electron chi connectivity index (χ4n) is 1.76. The molecule has 1 unspecified atom stereocenters. The Morgan fingerprint density at radius 3 is 2.88 bits per heavy atom. The minimum Gasteiger partial charge on any atom is -0.383 e. The lowest BCUT2D eigenvalue weighted by Crippen LogP contribution is -2.32. The molecule has 0 aliphatic heterocycles. The average molecular weight is 254 g/mol. The number of thiazole rings is 1. The molecule has 0 N–H and O–H groups in total. The first-order valence-electron chi connectivity index (χ1n) is 5.85. The summed E-state index contributed by atoms with van der Waals surface area (Å²) in [5, 5.41) is 0.915. The van der Waals surface area contributed by atoms with Crippen LogP contribution >= 0.6 is 11.3 Å². The van der Waals surface area contributed by atoms with Crippen LogP contribution in [0.2, 0.25) is 0 Å². The van der Waals surface area contributed by atoms with E-state index in [0.717, 1.165) is 22.0 Å². The molecule has 1 atom stereocenters. The number of nitrogens with zero attached hydrogens (tertiary/aromatic N) is 2. The average Bonchev–Trinajstić information content (AvgIpc) is 3.08. The van der Waals surface area contributed by atoms with Crippen molar-refractivity contribution in [2.45, 2.75) is 31.7 Å². The Morgan fingerprint density at radius 2 is 2.35 bits per heavy atom. The van der Waals surface area contributed by atoms with E-state index in [-0.39, 0.29) is 6.04 Å². The predicted molar refractivity (Wildman–Crippen MR) is 69.2 cm³/mol. The molecule has 0 aromatic carbocycles.